The summed E-state index contributed by atoms with van der Waals surface area (Å²) in [6, 6.07) is 12.1. The van der Waals surface area contributed by atoms with E-state index in [1.807, 2.05) is 36.4 Å². The first kappa shape index (κ1) is 12.8. The molecule has 16 heavy (non-hydrogen) atoms. The van der Waals surface area contributed by atoms with Gasteiger partial charge in [-0.15, -0.1) is 0 Å². The minimum atomic E-state index is 1.06. The molecule has 0 nitrogen and oxygen atoms in total. The fourth-order valence-electron chi connectivity index (χ4n) is 1.47. The van der Waals surface area contributed by atoms with E-state index >= 15 is 0 Å². The largest absolute Gasteiger partial charge is 0.0600 e. The molecule has 0 amide bonds. The van der Waals surface area contributed by atoms with Gasteiger partial charge < -0.3 is 0 Å². The van der Waals surface area contributed by atoms with E-state index in [1.54, 1.807) is 0 Å². The van der Waals surface area contributed by atoms with E-state index in [0.717, 1.165) is 29.0 Å². The lowest BCUT2D eigenvalue weighted by Crippen LogP contribution is -1.85. The van der Waals surface area contributed by atoms with Gasteiger partial charge in [-0.3, -0.25) is 0 Å². The van der Waals surface area contributed by atoms with Crippen LogP contribution in [-0.2, 0) is 0 Å². The van der Waals surface area contributed by atoms with Gasteiger partial charge in [0.15, 0.2) is 0 Å². The second-order valence-corrected chi connectivity index (χ2v) is 6.61. The van der Waals surface area contributed by atoms with Gasteiger partial charge in [0, 0.05) is 29.0 Å². The van der Waals surface area contributed by atoms with Crippen molar-refractivity contribution in [3.05, 3.63) is 54.3 Å². The van der Waals surface area contributed by atoms with Gasteiger partial charge in [0.1, 0.15) is 0 Å². The van der Waals surface area contributed by atoms with Crippen LogP contribution in [0.5, 0.6) is 0 Å². The van der Waals surface area contributed by atoms with Crippen LogP contribution in [0.3, 0.4) is 0 Å². The zero-order valence-electron chi connectivity index (χ0n) is 7.98. The van der Waals surface area contributed by atoms with Gasteiger partial charge in [-0.25, -0.2) is 0 Å². The number of halogens is 4. The molecule has 4 heteroatoms. The summed E-state index contributed by atoms with van der Waals surface area (Å²) in [5.74, 6) is 0. The number of hydrogen-bond donors (Lipinski definition) is 0. The van der Waals surface area contributed by atoms with Gasteiger partial charge in [-0.05, 0) is 24.3 Å². The fourth-order valence-corrected chi connectivity index (χ4v) is 4.26. The van der Waals surface area contributed by atoms with Gasteiger partial charge in [0.05, 0.1) is 0 Å². The van der Waals surface area contributed by atoms with Crippen molar-refractivity contribution in [2.24, 2.45) is 0 Å². The Labute approximate surface area is 128 Å². The highest BCUT2D eigenvalue weighted by Gasteiger charge is 2.13. The van der Waals surface area contributed by atoms with Crippen molar-refractivity contribution in [1.29, 1.82) is 0 Å². The average molecular weight is 470 g/mol. The Hall–Kier alpha value is 0.360. The first-order chi connectivity index (χ1) is 7.61. The summed E-state index contributed by atoms with van der Waals surface area (Å²) in [5, 5.41) is 0. The smallest absolute Gasteiger partial charge is 0.0265 e. The van der Waals surface area contributed by atoms with E-state index < -0.39 is 0 Å². The molecule has 0 atom stereocenters. The molecule has 0 aromatic heterocycles. The van der Waals surface area contributed by atoms with Crippen LogP contribution in [0.25, 0.3) is 11.1 Å². The molecule has 0 aliphatic heterocycles. The molecule has 82 valence electrons. The second-order valence-electron chi connectivity index (χ2n) is 3.19. The van der Waals surface area contributed by atoms with E-state index in [2.05, 4.69) is 63.7 Å². The molecule has 0 fully saturated rings. The summed E-state index contributed by atoms with van der Waals surface area (Å²) >= 11 is 14.3. The van der Waals surface area contributed by atoms with Crippen LogP contribution in [0, 0.1) is 0 Å². The monoisotopic (exact) mass is 466 g/mol. The Kier molecular flexibility index (Phi) is 4.27. The molecule has 0 heterocycles. The Bertz CT molecular complexity index is 445. The Morgan fingerprint density at radius 1 is 0.500 bits per heavy atom. The lowest BCUT2D eigenvalue weighted by atomic mass is 10.1. The van der Waals surface area contributed by atoms with E-state index in [9.17, 15) is 0 Å². The van der Waals surface area contributed by atoms with Crippen molar-refractivity contribution in [3.8, 4) is 11.1 Å². The molecule has 0 radical (unpaired) electrons. The van der Waals surface area contributed by atoms with Gasteiger partial charge in [-0.2, -0.15) is 0 Å². The van der Waals surface area contributed by atoms with Crippen LogP contribution in [-0.4, -0.2) is 0 Å². The molecule has 0 aliphatic rings. The van der Waals surface area contributed by atoms with Gasteiger partial charge in [0.25, 0.3) is 0 Å². The lowest BCUT2D eigenvalue weighted by Gasteiger charge is -2.11. The summed E-state index contributed by atoms with van der Waals surface area (Å²) < 4.78 is 4.26. The minimum absolute atomic E-state index is 1.06. The highest BCUT2D eigenvalue weighted by Crippen LogP contribution is 2.42. The number of benzene rings is 2. The standard InChI is InChI=1S/C12H6Br4/c13-7-3-1-4-8(14)11(7)12-9(15)5-2-6-10(12)16/h1-6H. The van der Waals surface area contributed by atoms with Crippen molar-refractivity contribution in [3.63, 3.8) is 0 Å². The molecule has 0 unspecified atom stereocenters. The zero-order chi connectivity index (χ0) is 11.7. The fraction of sp³-hybridized carbons (Fsp3) is 0. The van der Waals surface area contributed by atoms with Crippen LogP contribution < -0.4 is 0 Å². The maximum Gasteiger partial charge on any atom is 0.0265 e. The van der Waals surface area contributed by atoms with Crippen LogP contribution in [0.2, 0.25) is 0 Å². The highest BCUT2D eigenvalue weighted by molar-refractivity contribution is 9.11. The minimum Gasteiger partial charge on any atom is -0.0600 e. The third-order valence-corrected chi connectivity index (χ3v) is 4.82. The van der Waals surface area contributed by atoms with Crippen LogP contribution >= 0.6 is 63.7 Å². The summed E-state index contributed by atoms with van der Waals surface area (Å²) in [6.07, 6.45) is 0. The molecule has 0 saturated heterocycles. The first-order valence-electron chi connectivity index (χ1n) is 4.49. The summed E-state index contributed by atoms with van der Waals surface area (Å²) in [5.41, 5.74) is 2.28. The second kappa shape index (κ2) is 5.34. The summed E-state index contributed by atoms with van der Waals surface area (Å²) in [6.45, 7) is 0. The van der Waals surface area contributed by atoms with Crippen molar-refractivity contribution in [2.75, 3.05) is 0 Å². The molecule has 2 aromatic carbocycles. The maximum absolute atomic E-state index is 3.58. The normalized spacial score (nSPS) is 10.5. The van der Waals surface area contributed by atoms with E-state index in [4.69, 9.17) is 0 Å². The van der Waals surface area contributed by atoms with Crippen molar-refractivity contribution >= 4 is 63.7 Å². The number of hydrogen-bond acceptors (Lipinski definition) is 0. The predicted molar refractivity (Wildman–Crippen MR) is 82.7 cm³/mol. The van der Waals surface area contributed by atoms with Crippen molar-refractivity contribution in [1.82, 2.24) is 0 Å². The summed E-state index contributed by atoms with van der Waals surface area (Å²) in [4.78, 5) is 0. The quantitative estimate of drug-likeness (QED) is 0.453. The van der Waals surface area contributed by atoms with E-state index in [-0.39, 0.29) is 0 Å². The Balaban J connectivity index is 2.77. The maximum atomic E-state index is 3.58. The molecule has 0 bridgehead atoms. The average Bonchev–Trinajstić information content (AvgIpc) is 2.21. The van der Waals surface area contributed by atoms with Crippen molar-refractivity contribution in [2.45, 2.75) is 0 Å². The van der Waals surface area contributed by atoms with Crippen LogP contribution in [0.1, 0.15) is 0 Å². The lowest BCUT2D eigenvalue weighted by molar-refractivity contribution is 1.50. The molecule has 0 saturated carbocycles. The third kappa shape index (κ3) is 2.45. The molecular formula is C12H6Br4. The predicted octanol–water partition coefficient (Wildman–Crippen LogP) is 6.40. The number of rotatable bonds is 1. The van der Waals surface area contributed by atoms with E-state index in [0.29, 0.717) is 0 Å². The molecular weight excluding hydrogens is 464 g/mol. The molecule has 0 aliphatic carbocycles. The molecule has 2 rings (SSSR count). The molecule has 2 aromatic rings. The van der Waals surface area contributed by atoms with Crippen LogP contribution in [0.15, 0.2) is 54.3 Å². The highest BCUT2D eigenvalue weighted by atomic mass is 79.9. The first-order valence-corrected chi connectivity index (χ1v) is 7.67. The topological polar surface area (TPSA) is 0 Å². The molecule has 0 N–H and O–H groups in total. The van der Waals surface area contributed by atoms with Gasteiger partial charge in [-0.1, -0.05) is 75.9 Å². The Morgan fingerprint density at radius 2 is 0.750 bits per heavy atom. The Morgan fingerprint density at radius 3 is 1.00 bits per heavy atom. The summed E-state index contributed by atoms with van der Waals surface area (Å²) in [7, 11) is 0. The van der Waals surface area contributed by atoms with Gasteiger partial charge in [0.2, 0.25) is 0 Å². The zero-order valence-corrected chi connectivity index (χ0v) is 14.3. The SMILES string of the molecule is Brc1cccc(Br)c1-c1c(Br)cccc1Br. The van der Waals surface area contributed by atoms with Crippen molar-refractivity contribution < 1.29 is 0 Å². The van der Waals surface area contributed by atoms with Crippen LogP contribution in [0.4, 0.5) is 0 Å². The molecule has 0 spiro atoms. The third-order valence-electron chi connectivity index (χ3n) is 2.18. The van der Waals surface area contributed by atoms with Gasteiger partial charge >= 0.3 is 0 Å². The van der Waals surface area contributed by atoms with E-state index in [1.165, 1.54) is 0 Å².